The van der Waals surface area contributed by atoms with Crippen molar-refractivity contribution in [3.05, 3.63) is 77.4 Å². The van der Waals surface area contributed by atoms with Gasteiger partial charge in [0, 0.05) is 18.5 Å². The Morgan fingerprint density at radius 1 is 0.658 bits per heavy atom. The zero-order valence-corrected chi connectivity index (χ0v) is 23.2. The first-order valence-corrected chi connectivity index (χ1v) is 14.4. The highest BCUT2D eigenvalue weighted by Crippen LogP contribution is 2.31. The normalized spacial score (nSPS) is 11.9. The molecule has 38 heavy (non-hydrogen) atoms. The number of hydrogen-bond donors (Lipinski definition) is 0. The summed E-state index contributed by atoms with van der Waals surface area (Å²) >= 11 is 0. The second-order valence-electron chi connectivity index (χ2n) is 10.3. The van der Waals surface area contributed by atoms with Gasteiger partial charge in [0.25, 0.3) is 0 Å². The summed E-state index contributed by atoms with van der Waals surface area (Å²) in [6.45, 7) is 7.18. The van der Waals surface area contributed by atoms with Crippen molar-refractivity contribution in [1.82, 2.24) is 4.90 Å². The highest BCUT2D eigenvalue weighted by atomic mass is 19.4. The summed E-state index contributed by atoms with van der Waals surface area (Å²) in [5, 5.41) is 2.28. The van der Waals surface area contributed by atoms with Gasteiger partial charge in [0.1, 0.15) is 5.75 Å². The number of alkyl halides is 3. The van der Waals surface area contributed by atoms with Crippen LogP contribution in [0.3, 0.4) is 0 Å². The van der Waals surface area contributed by atoms with Gasteiger partial charge in [-0.3, -0.25) is 4.90 Å². The molecule has 2 nitrogen and oxygen atoms in total. The zero-order chi connectivity index (χ0) is 27.2. The largest absolute Gasteiger partial charge is 0.493 e. The van der Waals surface area contributed by atoms with Crippen molar-refractivity contribution in [1.29, 1.82) is 0 Å². The first-order valence-electron chi connectivity index (χ1n) is 14.4. The summed E-state index contributed by atoms with van der Waals surface area (Å²) in [5.41, 5.74) is 1.46. The van der Waals surface area contributed by atoms with E-state index in [-0.39, 0.29) is 0 Å². The van der Waals surface area contributed by atoms with Crippen molar-refractivity contribution in [2.24, 2.45) is 0 Å². The molecule has 0 fully saturated rings. The molecule has 0 aliphatic carbocycles. The maximum atomic E-state index is 12.9. The Morgan fingerprint density at radius 3 is 1.87 bits per heavy atom. The van der Waals surface area contributed by atoms with Crippen LogP contribution in [0.15, 0.2) is 60.7 Å². The van der Waals surface area contributed by atoms with Crippen LogP contribution in [0.5, 0.6) is 5.75 Å². The molecule has 0 atom stereocenters. The molecule has 0 unspecified atom stereocenters. The number of nitrogens with zero attached hydrogens (tertiary/aromatic N) is 1. The molecule has 0 aliphatic heterocycles. The number of unbranched alkanes of at least 4 members (excludes halogenated alkanes) is 9. The van der Waals surface area contributed by atoms with Gasteiger partial charge in [0.15, 0.2) is 0 Å². The number of fused-ring (bicyclic) bond motifs is 1. The number of halogens is 3. The van der Waals surface area contributed by atoms with Crippen molar-refractivity contribution in [3.8, 4) is 5.75 Å². The first-order chi connectivity index (χ1) is 18.4. The third kappa shape index (κ3) is 9.65. The molecule has 0 heterocycles. The summed E-state index contributed by atoms with van der Waals surface area (Å²) in [6, 6.07) is 18.0. The Kier molecular flexibility index (Phi) is 12.5. The second kappa shape index (κ2) is 15.8. The van der Waals surface area contributed by atoms with E-state index < -0.39 is 11.7 Å². The van der Waals surface area contributed by atoms with E-state index in [0.717, 1.165) is 42.8 Å². The predicted octanol–water partition coefficient (Wildman–Crippen LogP) is 10.2. The van der Waals surface area contributed by atoms with E-state index in [0.29, 0.717) is 6.54 Å². The highest BCUT2D eigenvalue weighted by Gasteiger charge is 2.30. The van der Waals surface area contributed by atoms with Crippen LogP contribution in [0.1, 0.15) is 94.7 Å². The van der Waals surface area contributed by atoms with Crippen molar-refractivity contribution in [3.63, 3.8) is 0 Å². The highest BCUT2D eigenvalue weighted by molar-refractivity contribution is 5.91. The minimum atomic E-state index is -4.31. The molecule has 5 heteroatoms. The third-order valence-electron chi connectivity index (χ3n) is 7.26. The Bertz CT molecular complexity index is 1080. The molecule has 0 bridgehead atoms. The molecule has 0 saturated heterocycles. The van der Waals surface area contributed by atoms with Crippen molar-refractivity contribution < 1.29 is 17.9 Å². The predicted molar refractivity (Wildman–Crippen MR) is 153 cm³/mol. The molecular weight excluding hydrogens is 483 g/mol. The molecule has 0 amide bonds. The van der Waals surface area contributed by atoms with Gasteiger partial charge in [-0.2, -0.15) is 13.2 Å². The average Bonchev–Trinajstić information content (AvgIpc) is 2.92. The van der Waals surface area contributed by atoms with Crippen LogP contribution in [0.25, 0.3) is 10.8 Å². The van der Waals surface area contributed by atoms with Crippen LogP contribution >= 0.6 is 0 Å². The Hall–Kier alpha value is -2.53. The minimum absolute atomic E-state index is 0.597. The van der Waals surface area contributed by atoms with Crippen molar-refractivity contribution in [2.75, 3.05) is 13.2 Å². The van der Waals surface area contributed by atoms with Crippen LogP contribution in [0.2, 0.25) is 0 Å². The molecule has 0 spiro atoms. The van der Waals surface area contributed by atoms with Crippen LogP contribution in [-0.2, 0) is 19.3 Å². The molecule has 0 saturated carbocycles. The fourth-order valence-electron chi connectivity index (χ4n) is 4.95. The van der Waals surface area contributed by atoms with Gasteiger partial charge >= 0.3 is 6.18 Å². The fourth-order valence-corrected chi connectivity index (χ4v) is 4.95. The van der Waals surface area contributed by atoms with Crippen LogP contribution in [-0.4, -0.2) is 18.1 Å². The smallest absolute Gasteiger partial charge is 0.416 e. The van der Waals surface area contributed by atoms with E-state index in [9.17, 15) is 13.2 Å². The lowest BCUT2D eigenvalue weighted by Gasteiger charge is -2.22. The Morgan fingerprint density at radius 2 is 1.26 bits per heavy atom. The van der Waals surface area contributed by atoms with Gasteiger partial charge < -0.3 is 4.74 Å². The molecular formula is C33H44F3NO. The van der Waals surface area contributed by atoms with Gasteiger partial charge in [-0.05, 0) is 47.7 Å². The van der Waals surface area contributed by atoms with E-state index in [1.165, 1.54) is 80.9 Å². The second-order valence-corrected chi connectivity index (χ2v) is 10.3. The standard InChI is InChI=1S/C33H44F3NO/c1-3-5-6-7-8-9-10-11-12-15-24-38-32-23-20-28(30-16-13-14-17-31(30)32)26-37(4-2)25-27-18-21-29(22-19-27)33(34,35)36/h13-14,16-23H,3-12,15,24-26H2,1-2H3. The van der Waals surface area contributed by atoms with E-state index in [2.05, 4.69) is 43.0 Å². The lowest BCUT2D eigenvalue weighted by Crippen LogP contribution is -2.22. The van der Waals surface area contributed by atoms with Gasteiger partial charge in [-0.1, -0.05) is 114 Å². The molecule has 0 aliphatic rings. The Labute approximate surface area is 227 Å². The molecule has 0 aromatic heterocycles. The van der Waals surface area contributed by atoms with Gasteiger partial charge in [0.05, 0.1) is 12.2 Å². The molecule has 0 N–H and O–H groups in total. The van der Waals surface area contributed by atoms with Gasteiger partial charge in [-0.25, -0.2) is 0 Å². The molecule has 0 radical (unpaired) electrons. The molecule has 208 valence electrons. The zero-order valence-electron chi connectivity index (χ0n) is 23.2. The summed E-state index contributed by atoms with van der Waals surface area (Å²) in [6.07, 6.45) is 8.74. The monoisotopic (exact) mass is 527 g/mol. The summed E-state index contributed by atoms with van der Waals surface area (Å²) in [7, 11) is 0. The number of rotatable bonds is 17. The average molecular weight is 528 g/mol. The van der Waals surface area contributed by atoms with Gasteiger partial charge in [-0.15, -0.1) is 0 Å². The van der Waals surface area contributed by atoms with Crippen LogP contribution < -0.4 is 4.74 Å². The summed E-state index contributed by atoms with van der Waals surface area (Å²) in [4.78, 5) is 2.24. The lowest BCUT2D eigenvalue weighted by atomic mass is 10.0. The molecule has 3 aromatic rings. The Balaban J connectivity index is 1.51. The topological polar surface area (TPSA) is 12.5 Å². The van der Waals surface area contributed by atoms with E-state index >= 15 is 0 Å². The number of ether oxygens (including phenoxy) is 1. The van der Waals surface area contributed by atoms with Crippen LogP contribution in [0.4, 0.5) is 13.2 Å². The lowest BCUT2D eigenvalue weighted by molar-refractivity contribution is -0.137. The fraction of sp³-hybridized carbons (Fsp3) is 0.515. The van der Waals surface area contributed by atoms with Crippen LogP contribution in [0, 0.1) is 0 Å². The third-order valence-corrected chi connectivity index (χ3v) is 7.26. The van der Waals surface area contributed by atoms with E-state index in [4.69, 9.17) is 4.74 Å². The molecule has 3 aromatic carbocycles. The maximum Gasteiger partial charge on any atom is 0.416 e. The van der Waals surface area contributed by atoms with Gasteiger partial charge in [0.2, 0.25) is 0 Å². The maximum absolute atomic E-state index is 12.9. The van der Waals surface area contributed by atoms with Crippen molar-refractivity contribution >= 4 is 10.8 Å². The van der Waals surface area contributed by atoms with Crippen molar-refractivity contribution in [2.45, 2.75) is 97.3 Å². The number of benzene rings is 3. The summed E-state index contributed by atoms with van der Waals surface area (Å²) < 4.78 is 44.9. The quantitative estimate of drug-likeness (QED) is 0.162. The number of hydrogen-bond acceptors (Lipinski definition) is 2. The minimum Gasteiger partial charge on any atom is -0.493 e. The summed E-state index contributed by atoms with van der Waals surface area (Å²) in [5.74, 6) is 0.922. The first kappa shape index (κ1) is 30.0. The SMILES string of the molecule is CCCCCCCCCCCCOc1ccc(CN(CC)Cc2ccc(C(F)(F)F)cc2)c2ccccc12. The van der Waals surface area contributed by atoms with E-state index in [1.807, 2.05) is 12.1 Å². The van der Waals surface area contributed by atoms with E-state index in [1.54, 1.807) is 12.1 Å². The molecule has 3 rings (SSSR count).